The Morgan fingerprint density at radius 2 is 2.12 bits per heavy atom. The minimum absolute atomic E-state index is 0.0219. The number of alkyl halides is 3. The fraction of sp³-hybridized carbons (Fsp3) is 0.562. The quantitative estimate of drug-likeness (QED) is 0.743. The van der Waals surface area contributed by atoms with Gasteiger partial charge >= 0.3 is 12.2 Å². The van der Waals surface area contributed by atoms with Crippen LogP contribution in [0.1, 0.15) is 30.9 Å². The molecule has 3 N–H and O–H groups in total. The van der Waals surface area contributed by atoms with Crippen molar-refractivity contribution in [3.8, 4) is 0 Å². The number of fused-ring (bicyclic) bond motifs is 1. The fourth-order valence-corrected chi connectivity index (χ4v) is 2.85. The molecule has 8 heteroatoms. The molecule has 1 aliphatic heterocycles. The van der Waals surface area contributed by atoms with Crippen molar-refractivity contribution in [2.45, 2.75) is 45.1 Å². The van der Waals surface area contributed by atoms with E-state index < -0.39 is 18.8 Å². The average Bonchev–Trinajstić information content (AvgIpc) is 2.88. The van der Waals surface area contributed by atoms with E-state index in [0.717, 1.165) is 5.56 Å². The number of nitrogens with one attached hydrogen (secondary N) is 2. The summed E-state index contributed by atoms with van der Waals surface area (Å²) in [5.74, 6) is 0. The number of hydrogen-bond acceptors (Lipinski definition) is 3. The highest BCUT2D eigenvalue weighted by Gasteiger charge is 2.34. The zero-order valence-corrected chi connectivity index (χ0v) is 13.5. The first-order valence-electron chi connectivity index (χ1n) is 7.90. The Kier molecular flexibility index (Phi) is 6.06. The predicted octanol–water partition coefficient (Wildman–Crippen LogP) is 2.85. The van der Waals surface area contributed by atoms with Crippen LogP contribution in [0.4, 0.5) is 23.7 Å². The molecule has 0 radical (unpaired) electrons. The molecule has 24 heavy (non-hydrogen) atoms. The van der Waals surface area contributed by atoms with Crippen molar-refractivity contribution < 1.29 is 23.1 Å². The minimum atomic E-state index is -4.24. The normalized spacial score (nSPS) is 15.9. The summed E-state index contributed by atoms with van der Waals surface area (Å²) in [6.07, 6.45) is -3.11. The lowest BCUT2D eigenvalue weighted by atomic mass is 10.1. The summed E-state index contributed by atoms with van der Waals surface area (Å²) < 4.78 is 37.7. The molecule has 0 bridgehead atoms. The first-order chi connectivity index (χ1) is 11.3. The van der Waals surface area contributed by atoms with Crippen LogP contribution in [0.2, 0.25) is 0 Å². The summed E-state index contributed by atoms with van der Waals surface area (Å²) in [5, 5.41) is 14.4. The van der Waals surface area contributed by atoms with Crippen molar-refractivity contribution >= 4 is 11.7 Å². The second kappa shape index (κ2) is 7.85. The molecular weight excluding hydrogens is 323 g/mol. The van der Waals surface area contributed by atoms with E-state index in [4.69, 9.17) is 5.11 Å². The first-order valence-corrected chi connectivity index (χ1v) is 7.90. The Balaban J connectivity index is 2.02. The number of aliphatic hydroxyl groups is 1. The number of anilines is 1. The summed E-state index contributed by atoms with van der Waals surface area (Å²) in [7, 11) is 0. The number of halogens is 3. The van der Waals surface area contributed by atoms with E-state index in [9.17, 15) is 18.0 Å². The van der Waals surface area contributed by atoms with Crippen LogP contribution in [0.25, 0.3) is 0 Å². The van der Waals surface area contributed by atoms with Gasteiger partial charge in [0.25, 0.3) is 0 Å². The van der Waals surface area contributed by atoms with Crippen molar-refractivity contribution in [3.63, 3.8) is 0 Å². The molecule has 2 rings (SSSR count). The van der Waals surface area contributed by atoms with Gasteiger partial charge in [0, 0.05) is 31.4 Å². The molecule has 0 aromatic heterocycles. The highest BCUT2D eigenvalue weighted by molar-refractivity contribution is 5.90. The smallest absolute Gasteiger partial charge is 0.396 e. The van der Waals surface area contributed by atoms with Gasteiger partial charge in [0.15, 0.2) is 0 Å². The number of nitrogens with zero attached hydrogens (tertiary/aromatic N) is 1. The number of carbonyl (C=O) groups excluding carboxylic acids is 1. The molecule has 0 saturated carbocycles. The highest BCUT2D eigenvalue weighted by atomic mass is 19.4. The van der Waals surface area contributed by atoms with E-state index in [-0.39, 0.29) is 25.7 Å². The maximum atomic E-state index is 12.6. The van der Waals surface area contributed by atoms with E-state index in [0.29, 0.717) is 24.1 Å². The van der Waals surface area contributed by atoms with Gasteiger partial charge in [-0.3, -0.25) is 4.90 Å². The van der Waals surface area contributed by atoms with Crippen molar-refractivity contribution in [2.75, 3.05) is 18.5 Å². The SMILES string of the molecule is CCC(CCO)NC(=O)Nc1cccc2c1CN(CC(F)(F)F)C2. The van der Waals surface area contributed by atoms with Crippen molar-refractivity contribution in [1.29, 1.82) is 0 Å². The lowest BCUT2D eigenvalue weighted by Crippen LogP contribution is -2.38. The van der Waals surface area contributed by atoms with Crippen LogP contribution in [-0.4, -0.2) is 41.4 Å². The lowest BCUT2D eigenvalue weighted by molar-refractivity contribution is -0.146. The van der Waals surface area contributed by atoms with Crippen LogP contribution < -0.4 is 10.6 Å². The molecule has 1 aliphatic rings. The van der Waals surface area contributed by atoms with Gasteiger partial charge < -0.3 is 15.7 Å². The molecule has 1 aromatic carbocycles. The molecule has 5 nitrogen and oxygen atoms in total. The Bertz CT molecular complexity index is 578. The van der Waals surface area contributed by atoms with Crippen LogP contribution in [0.15, 0.2) is 18.2 Å². The number of carbonyl (C=O) groups is 1. The van der Waals surface area contributed by atoms with E-state index in [2.05, 4.69) is 10.6 Å². The molecule has 0 spiro atoms. The number of aliphatic hydroxyl groups excluding tert-OH is 1. The van der Waals surface area contributed by atoms with Gasteiger partial charge in [0.1, 0.15) is 0 Å². The lowest BCUT2D eigenvalue weighted by Gasteiger charge is -2.18. The van der Waals surface area contributed by atoms with Gasteiger partial charge in [-0.25, -0.2) is 4.79 Å². The molecule has 134 valence electrons. The first kappa shape index (κ1) is 18.5. The second-order valence-electron chi connectivity index (χ2n) is 5.92. The summed E-state index contributed by atoms with van der Waals surface area (Å²) in [6, 6.07) is 4.61. The maximum Gasteiger partial charge on any atom is 0.401 e. The maximum absolute atomic E-state index is 12.6. The minimum Gasteiger partial charge on any atom is -0.396 e. The Labute approximate surface area is 138 Å². The largest absolute Gasteiger partial charge is 0.401 e. The van der Waals surface area contributed by atoms with Gasteiger partial charge in [-0.05, 0) is 30.0 Å². The zero-order chi connectivity index (χ0) is 17.7. The van der Waals surface area contributed by atoms with E-state index >= 15 is 0 Å². The van der Waals surface area contributed by atoms with Gasteiger partial charge in [-0.1, -0.05) is 19.1 Å². The van der Waals surface area contributed by atoms with Crippen molar-refractivity contribution in [1.82, 2.24) is 10.2 Å². The number of urea groups is 1. The van der Waals surface area contributed by atoms with Gasteiger partial charge in [0.2, 0.25) is 0 Å². The summed E-state index contributed by atoms with van der Waals surface area (Å²) in [5.41, 5.74) is 2.03. The Hall–Kier alpha value is -1.80. The van der Waals surface area contributed by atoms with Crippen LogP contribution in [-0.2, 0) is 13.1 Å². The van der Waals surface area contributed by atoms with Crippen molar-refractivity contribution in [3.05, 3.63) is 29.3 Å². The molecule has 0 fully saturated rings. The van der Waals surface area contributed by atoms with Crippen molar-refractivity contribution in [2.24, 2.45) is 0 Å². The van der Waals surface area contributed by atoms with Gasteiger partial charge in [0.05, 0.1) is 6.54 Å². The molecule has 1 heterocycles. The van der Waals surface area contributed by atoms with Crippen LogP contribution in [0.3, 0.4) is 0 Å². The van der Waals surface area contributed by atoms with Gasteiger partial charge in [-0.15, -0.1) is 0 Å². The predicted molar refractivity (Wildman–Crippen MR) is 84.5 cm³/mol. The van der Waals surface area contributed by atoms with E-state index in [1.807, 2.05) is 6.92 Å². The standard InChI is InChI=1S/C16H22F3N3O2/c1-2-12(6-7-23)20-15(24)21-14-5-3-4-11-8-22(9-13(11)14)10-16(17,18)19/h3-5,12,23H,2,6-10H2,1H3,(H2,20,21,24). The fourth-order valence-electron chi connectivity index (χ4n) is 2.85. The second-order valence-corrected chi connectivity index (χ2v) is 5.92. The van der Waals surface area contributed by atoms with Crippen LogP contribution in [0, 0.1) is 0 Å². The van der Waals surface area contributed by atoms with E-state index in [1.54, 1.807) is 18.2 Å². The molecule has 1 atom stereocenters. The highest BCUT2D eigenvalue weighted by Crippen LogP contribution is 2.31. The monoisotopic (exact) mass is 345 g/mol. The molecule has 1 aromatic rings. The number of amides is 2. The third kappa shape index (κ3) is 5.10. The average molecular weight is 345 g/mol. The van der Waals surface area contributed by atoms with Crippen LogP contribution >= 0.6 is 0 Å². The molecule has 0 aliphatic carbocycles. The number of rotatable bonds is 6. The number of hydrogen-bond donors (Lipinski definition) is 3. The zero-order valence-electron chi connectivity index (χ0n) is 13.5. The molecule has 2 amide bonds. The van der Waals surface area contributed by atoms with E-state index in [1.165, 1.54) is 4.90 Å². The molecule has 1 unspecified atom stereocenters. The Morgan fingerprint density at radius 3 is 2.75 bits per heavy atom. The van der Waals surface area contributed by atoms with Gasteiger partial charge in [-0.2, -0.15) is 13.2 Å². The molecular formula is C16H22F3N3O2. The summed E-state index contributed by atoms with van der Waals surface area (Å²) in [4.78, 5) is 13.4. The third-order valence-corrected chi connectivity index (χ3v) is 4.01. The summed E-state index contributed by atoms with van der Waals surface area (Å²) in [6.45, 7) is 1.27. The Morgan fingerprint density at radius 1 is 1.38 bits per heavy atom. The molecule has 0 saturated heterocycles. The summed E-state index contributed by atoms with van der Waals surface area (Å²) >= 11 is 0. The van der Waals surface area contributed by atoms with Crippen LogP contribution in [0.5, 0.6) is 0 Å². The third-order valence-electron chi connectivity index (χ3n) is 4.01. The topological polar surface area (TPSA) is 64.6 Å². The number of benzene rings is 1.